The van der Waals surface area contributed by atoms with Crippen molar-refractivity contribution in [2.75, 3.05) is 26.6 Å². The van der Waals surface area contributed by atoms with Gasteiger partial charge in [-0.25, -0.2) is 9.18 Å². The molecule has 0 saturated carbocycles. The molecule has 1 aromatic carbocycles. The Hall–Kier alpha value is -2.45. The maximum absolute atomic E-state index is 14.9. The summed E-state index contributed by atoms with van der Waals surface area (Å²) >= 11 is 0. The molecule has 0 radical (unpaired) electrons. The van der Waals surface area contributed by atoms with Crippen LogP contribution in [0.15, 0.2) is 36.3 Å². The van der Waals surface area contributed by atoms with Crippen molar-refractivity contribution >= 4 is 11.8 Å². The smallest absolute Gasteiger partial charge is 0.325 e. The first-order chi connectivity index (χ1) is 16.4. The molecule has 2 saturated heterocycles. The summed E-state index contributed by atoms with van der Waals surface area (Å²) < 4.78 is 29.6. The molecule has 0 aromatic heterocycles. The van der Waals surface area contributed by atoms with E-state index in [-0.39, 0.29) is 11.0 Å². The molecule has 194 valence electrons. The maximum Gasteiger partial charge on any atom is 0.325 e. The molecule has 6 N–H and O–H groups in total. The van der Waals surface area contributed by atoms with E-state index in [1.807, 2.05) is 20.8 Å². The summed E-state index contributed by atoms with van der Waals surface area (Å²) in [5, 5.41) is 31.2. The van der Waals surface area contributed by atoms with Crippen LogP contribution in [0.5, 0.6) is 0 Å². The molecule has 0 aliphatic carbocycles. The number of carbonyl (C=O) groups excluding carboxylic acids is 2. The van der Waals surface area contributed by atoms with Gasteiger partial charge in [0, 0.05) is 11.8 Å². The number of ketones is 1. The first kappa shape index (κ1) is 27.1. The number of aliphatic hydroxyl groups is 3. The Kier molecular flexibility index (Phi) is 8.27. The van der Waals surface area contributed by atoms with Crippen LogP contribution in [0.2, 0.25) is 0 Å². The Morgan fingerprint density at radius 1 is 1.20 bits per heavy atom. The number of rotatable bonds is 4. The Balaban J connectivity index is 0.000000607. The fourth-order valence-electron chi connectivity index (χ4n) is 3.68. The number of halogens is 1. The molecule has 12 heteroatoms. The van der Waals surface area contributed by atoms with Crippen LogP contribution in [0, 0.1) is 0 Å². The molecule has 3 aliphatic heterocycles. The van der Waals surface area contributed by atoms with Crippen molar-refractivity contribution in [3.63, 3.8) is 0 Å². The lowest BCUT2D eigenvalue weighted by molar-refractivity contribution is -0.0679. The van der Waals surface area contributed by atoms with Crippen LogP contribution in [0.25, 0.3) is 0 Å². The highest BCUT2D eigenvalue weighted by Crippen LogP contribution is 2.30. The quantitative estimate of drug-likeness (QED) is 0.363. The van der Waals surface area contributed by atoms with E-state index in [2.05, 4.69) is 5.32 Å². The largest absolute Gasteiger partial charge is 0.394 e. The van der Waals surface area contributed by atoms with Crippen molar-refractivity contribution in [1.82, 2.24) is 10.2 Å². The Morgan fingerprint density at radius 3 is 2.26 bits per heavy atom. The van der Waals surface area contributed by atoms with Gasteiger partial charge in [0.05, 0.1) is 19.8 Å². The Morgan fingerprint density at radius 2 is 1.80 bits per heavy atom. The Labute approximate surface area is 202 Å². The second-order valence-electron chi connectivity index (χ2n) is 9.44. The fourth-order valence-corrected chi connectivity index (χ4v) is 3.68. The van der Waals surface area contributed by atoms with Gasteiger partial charge in [0.2, 0.25) is 11.4 Å². The molecule has 5 atom stereocenters. The zero-order chi connectivity index (χ0) is 26.0. The number of hydrogen-bond acceptors (Lipinski definition) is 9. The second kappa shape index (κ2) is 10.7. The lowest BCUT2D eigenvalue weighted by Gasteiger charge is -2.37. The molecular weight excluding hydrogens is 465 g/mol. The van der Waals surface area contributed by atoms with E-state index >= 15 is 0 Å². The van der Waals surface area contributed by atoms with Gasteiger partial charge in [0.1, 0.15) is 25.1 Å². The number of nitrogens with zero attached hydrogens (tertiary/aromatic N) is 1. The molecule has 2 fully saturated rings. The number of ether oxygens (including phenoxy) is 3. The van der Waals surface area contributed by atoms with Gasteiger partial charge in [0.15, 0.2) is 12.1 Å². The number of aliphatic hydroxyl groups excluding tert-OH is 3. The van der Waals surface area contributed by atoms with Crippen molar-refractivity contribution in [1.29, 1.82) is 0 Å². The van der Waals surface area contributed by atoms with Crippen molar-refractivity contribution in [2.24, 2.45) is 5.73 Å². The molecular formula is C23H32FN3O8. The van der Waals surface area contributed by atoms with Crippen molar-refractivity contribution < 1.29 is 43.5 Å². The molecule has 11 nitrogen and oxygen atoms in total. The van der Waals surface area contributed by atoms with Crippen molar-refractivity contribution in [2.45, 2.75) is 56.4 Å². The first-order valence-corrected chi connectivity index (χ1v) is 11.1. The number of urea groups is 1. The van der Waals surface area contributed by atoms with Crippen LogP contribution in [0.4, 0.5) is 9.18 Å². The molecule has 2 amide bonds. The van der Waals surface area contributed by atoms with Gasteiger partial charge >= 0.3 is 6.03 Å². The summed E-state index contributed by atoms with van der Waals surface area (Å²) in [6.07, 6.45) is -5.03. The molecule has 0 bridgehead atoms. The van der Waals surface area contributed by atoms with E-state index < -0.39 is 54.5 Å². The molecule has 1 unspecified atom stereocenters. The monoisotopic (exact) mass is 497 g/mol. The Bertz CT molecular complexity index is 939. The normalized spacial score (nSPS) is 30.9. The van der Waals surface area contributed by atoms with E-state index in [1.165, 1.54) is 12.1 Å². The third kappa shape index (κ3) is 5.70. The van der Waals surface area contributed by atoms with Gasteiger partial charge < -0.3 is 34.8 Å². The van der Waals surface area contributed by atoms with E-state index in [1.54, 1.807) is 12.1 Å². The van der Waals surface area contributed by atoms with Crippen LogP contribution in [-0.2, 0) is 19.6 Å². The molecule has 35 heavy (non-hydrogen) atoms. The molecule has 3 heterocycles. The van der Waals surface area contributed by atoms with Gasteiger partial charge in [-0.1, -0.05) is 45.0 Å². The zero-order valence-corrected chi connectivity index (χ0v) is 19.8. The number of carbonyl (C=O) groups is 2. The van der Waals surface area contributed by atoms with Gasteiger partial charge in [0.25, 0.3) is 0 Å². The number of hydrogen-bond donors (Lipinski definition) is 5. The number of benzene rings is 1. The minimum atomic E-state index is -2.44. The number of Topliss-reactive ketones (excluding diaryl/α,β-unsaturated/α-hetero) is 1. The van der Waals surface area contributed by atoms with E-state index in [0.29, 0.717) is 17.9 Å². The summed E-state index contributed by atoms with van der Waals surface area (Å²) in [6, 6.07) is 5.47. The van der Waals surface area contributed by atoms with Crippen LogP contribution in [-0.4, -0.2) is 88.9 Å². The highest BCUT2D eigenvalue weighted by Gasteiger charge is 2.51. The lowest BCUT2D eigenvalue weighted by atomic mass is 9.85. The number of amides is 2. The number of nitrogens with two attached hydrogens (primary N) is 1. The maximum atomic E-state index is 14.9. The van der Waals surface area contributed by atoms with Crippen molar-refractivity contribution in [3.05, 3.63) is 47.4 Å². The van der Waals surface area contributed by atoms with E-state index in [4.69, 9.17) is 19.9 Å². The fraction of sp³-hybridized carbons (Fsp3) is 0.565. The highest BCUT2D eigenvalue weighted by atomic mass is 19.1. The average Bonchev–Trinajstić information content (AvgIpc) is 3.49. The highest BCUT2D eigenvalue weighted by molar-refractivity contribution is 6.07. The van der Waals surface area contributed by atoms with Crippen LogP contribution in [0.3, 0.4) is 0 Å². The summed E-state index contributed by atoms with van der Waals surface area (Å²) in [6.45, 7) is 7.46. The molecule has 0 spiro atoms. The van der Waals surface area contributed by atoms with Crippen molar-refractivity contribution in [3.8, 4) is 0 Å². The van der Waals surface area contributed by atoms with E-state index in [9.17, 15) is 29.3 Å². The first-order valence-electron chi connectivity index (χ1n) is 11.1. The van der Waals surface area contributed by atoms with Gasteiger partial charge in [-0.15, -0.1) is 0 Å². The predicted octanol–water partition coefficient (Wildman–Crippen LogP) is 0.0876. The predicted molar refractivity (Wildman–Crippen MR) is 120 cm³/mol. The molecule has 3 aliphatic rings. The topological polar surface area (TPSA) is 164 Å². The van der Waals surface area contributed by atoms with Gasteiger partial charge in [-0.05, 0) is 11.0 Å². The van der Waals surface area contributed by atoms with Gasteiger partial charge in [-0.2, -0.15) is 0 Å². The summed E-state index contributed by atoms with van der Waals surface area (Å²) in [4.78, 5) is 26.1. The summed E-state index contributed by atoms with van der Waals surface area (Å²) in [5.41, 5.74) is 4.41. The minimum Gasteiger partial charge on any atom is -0.394 e. The minimum absolute atomic E-state index is 0.107. The zero-order valence-electron chi connectivity index (χ0n) is 19.8. The lowest BCUT2D eigenvalue weighted by Crippen LogP contribution is -2.68. The molecule has 1 aromatic rings. The third-order valence-electron chi connectivity index (χ3n) is 5.87. The average molecular weight is 498 g/mol. The summed E-state index contributed by atoms with van der Waals surface area (Å²) in [7, 11) is 0. The summed E-state index contributed by atoms with van der Waals surface area (Å²) in [5.74, 6) is -2.03. The van der Waals surface area contributed by atoms with Crippen LogP contribution >= 0.6 is 0 Å². The van der Waals surface area contributed by atoms with E-state index in [0.717, 1.165) is 18.8 Å². The third-order valence-corrected chi connectivity index (χ3v) is 5.87. The standard InChI is InChI=1S/C20H26FN3O6.C3H6O2/c1-19(2,3)11-6-4-10(5-7-11)16(28)20(22)13(21)8-24(18(29)23-20)17-15(27)14(26)12(9-25)30-17;1-2-5-3-4-1/h4-8,12,14-15,17,25-27H,9,22H2,1-3H3,(H,23,29);1-3H2/t12-,14-,15-,17-,20?;/m1./s1. The SMILES string of the molecule is C1COCO1.CC(C)(C)c1ccc(C(=O)C2(N)NC(=O)N([C@@H]3O[C@H](CO)[C@@H](O)[C@H]3O)C=C2F)cc1. The number of nitrogens with one attached hydrogen (secondary N) is 1. The van der Waals surface area contributed by atoms with Gasteiger partial charge in [-0.3, -0.25) is 15.4 Å². The van der Waals surface area contributed by atoms with Crippen LogP contribution in [0.1, 0.15) is 36.7 Å². The molecule has 4 rings (SSSR count). The van der Waals surface area contributed by atoms with Crippen LogP contribution < -0.4 is 11.1 Å². The second-order valence-corrected chi connectivity index (χ2v) is 9.44.